The van der Waals surface area contributed by atoms with Gasteiger partial charge in [-0.05, 0) is 43.7 Å². The van der Waals surface area contributed by atoms with Crippen molar-refractivity contribution in [2.24, 2.45) is 0 Å². The van der Waals surface area contributed by atoms with Crippen molar-refractivity contribution in [2.75, 3.05) is 26.6 Å². The van der Waals surface area contributed by atoms with Gasteiger partial charge in [0.1, 0.15) is 24.2 Å². The molecule has 2 atom stereocenters. The normalized spacial score (nSPS) is 17.6. The van der Waals surface area contributed by atoms with Gasteiger partial charge in [0.15, 0.2) is 11.5 Å². The Hall–Kier alpha value is -4.46. The first-order chi connectivity index (χ1) is 18.0. The molecule has 0 radical (unpaired) electrons. The minimum Gasteiger partial charge on any atom is -0.493 e. The van der Waals surface area contributed by atoms with Crippen LogP contribution in [0.4, 0.5) is 5.95 Å². The standard InChI is InChI=1S/C29H28N4O4/c1-16-6-9-18(10-7-16)26-24-25(32-29-30-15-31-33(26)29)20-12-17(2)8-11-21(20)37-27(24)19-13-22(34-3)28(36-5)23(14-19)35-4/h6-15,26-27H,1-5H3,(H,30,31,32)/t26-,27-/m1/s1. The zero-order chi connectivity index (χ0) is 25.7. The molecule has 6 rings (SSSR count). The van der Waals surface area contributed by atoms with E-state index in [4.69, 9.17) is 18.9 Å². The van der Waals surface area contributed by atoms with Gasteiger partial charge in [-0.15, -0.1) is 0 Å². The molecule has 37 heavy (non-hydrogen) atoms. The topological polar surface area (TPSA) is 79.7 Å². The van der Waals surface area contributed by atoms with Crippen LogP contribution in [-0.2, 0) is 0 Å². The summed E-state index contributed by atoms with van der Waals surface area (Å²) in [5.74, 6) is 3.13. The van der Waals surface area contributed by atoms with Crippen molar-refractivity contribution in [3.8, 4) is 23.0 Å². The van der Waals surface area contributed by atoms with Crippen molar-refractivity contribution in [3.63, 3.8) is 0 Å². The molecule has 188 valence electrons. The fraction of sp³-hybridized carbons (Fsp3) is 0.241. The number of nitrogens with one attached hydrogen (secondary N) is 1. The summed E-state index contributed by atoms with van der Waals surface area (Å²) in [5.41, 5.74) is 7.27. The summed E-state index contributed by atoms with van der Waals surface area (Å²) < 4.78 is 25.6. The molecule has 1 aromatic heterocycles. The number of aromatic nitrogens is 3. The summed E-state index contributed by atoms with van der Waals surface area (Å²) in [6.07, 6.45) is 1.11. The number of rotatable bonds is 5. The van der Waals surface area contributed by atoms with Gasteiger partial charge in [-0.2, -0.15) is 10.1 Å². The van der Waals surface area contributed by atoms with Gasteiger partial charge >= 0.3 is 0 Å². The number of nitrogens with zero attached hydrogens (tertiary/aromatic N) is 3. The third-order valence-electron chi connectivity index (χ3n) is 6.95. The van der Waals surface area contributed by atoms with E-state index < -0.39 is 6.10 Å². The van der Waals surface area contributed by atoms with E-state index in [1.165, 1.54) is 5.56 Å². The van der Waals surface area contributed by atoms with Gasteiger partial charge in [0, 0.05) is 16.7 Å². The maximum atomic E-state index is 6.77. The molecule has 8 nitrogen and oxygen atoms in total. The molecule has 2 aliphatic heterocycles. The van der Waals surface area contributed by atoms with Crippen LogP contribution in [0.2, 0.25) is 0 Å². The van der Waals surface area contributed by atoms with E-state index in [0.717, 1.165) is 39.3 Å². The summed E-state index contributed by atoms with van der Waals surface area (Å²) in [6.45, 7) is 4.16. The van der Waals surface area contributed by atoms with Crippen molar-refractivity contribution in [2.45, 2.75) is 26.0 Å². The van der Waals surface area contributed by atoms with Crippen LogP contribution >= 0.6 is 0 Å². The molecule has 0 amide bonds. The first-order valence-electron chi connectivity index (χ1n) is 12.1. The molecule has 0 saturated heterocycles. The van der Waals surface area contributed by atoms with Crippen LogP contribution < -0.4 is 24.3 Å². The number of anilines is 1. The molecular weight excluding hydrogens is 468 g/mol. The Bertz CT molecular complexity index is 1500. The number of aryl methyl sites for hydroxylation is 2. The van der Waals surface area contributed by atoms with Crippen LogP contribution in [-0.4, -0.2) is 36.1 Å². The lowest BCUT2D eigenvalue weighted by Gasteiger charge is -2.39. The molecule has 0 spiro atoms. The number of hydrogen-bond donors (Lipinski definition) is 1. The highest BCUT2D eigenvalue weighted by Gasteiger charge is 2.41. The van der Waals surface area contributed by atoms with Crippen molar-refractivity contribution in [1.82, 2.24) is 14.8 Å². The Morgan fingerprint density at radius 3 is 2.22 bits per heavy atom. The Balaban J connectivity index is 1.63. The Kier molecular flexibility index (Phi) is 5.52. The van der Waals surface area contributed by atoms with Gasteiger partial charge in [-0.25, -0.2) is 4.68 Å². The molecule has 0 bridgehead atoms. The minimum atomic E-state index is -0.463. The molecule has 0 aliphatic carbocycles. The van der Waals surface area contributed by atoms with Gasteiger partial charge < -0.3 is 24.3 Å². The lowest BCUT2D eigenvalue weighted by molar-refractivity contribution is 0.221. The average molecular weight is 497 g/mol. The summed E-state index contributed by atoms with van der Waals surface area (Å²) in [4.78, 5) is 4.52. The average Bonchev–Trinajstić information content (AvgIpc) is 3.39. The van der Waals surface area contributed by atoms with Crippen LogP contribution in [0.1, 0.15) is 40.0 Å². The minimum absolute atomic E-state index is 0.243. The van der Waals surface area contributed by atoms with Gasteiger partial charge in [0.2, 0.25) is 11.7 Å². The van der Waals surface area contributed by atoms with E-state index in [0.29, 0.717) is 23.2 Å². The van der Waals surface area contributed by atoms with E-state index in [-0.39, 0.29) is 6.04 Å². The van der Waals surface area contributed by atoms with Crippen molar-refractivity contribution >= 4 is 11.6 Å². The number of ether oxygens (including phenoxy) is 4. The van der Waals surface area contributed by atoms with Crippen LogP contribution in [0.15, 0.2) is 66.5 Å². The molecule has 1 N–H and O–H groups in total. The van der Waals surface area contributed by atoms with Crippen LogP contribution in [0.3, 0.4) is 0 Å². The van der Waals surface area contributed by atoms with Crippen molar-refractivity contribution in [1.29, 1.82) is 0 Å². The third-order valence-corrected chi connectivity index (χ3v) is 6.95. The first kappa shape index (κ1) is 23.0. The maximum Gasteiger partial charge on any atom is 0.226 e. The molecule has 3 heterocycles. The summed E-state index contributed by atoms with van der Waals surface area (Å²) in [5, 5.41) is 8.16. The summed E-state index contributed by atoms with van der Waals surface area (Å²) >= 11 is 0. The highest BCUT2D eigenvalue weighted by atomic mass is 16.5. The fourth-order valence-electron chi connectivity index (χ4n) is 5.18. The smallest absolute Gasteiger partial charge is 0.226 e. The van der Waals surface area contributed by atoms with E-state index in [2.05, 4.69) is 65.6 Å². The second-order valence-corrected chi connectivity index (χ2v) is 9.25. The molecule has 3 aromatic carbocycles. The van der Waals surface area contributed by atoms with Gasteiger partial charge in [0.05, 0.1) is 27.0 Å². The van der Waals surface area contributed by atoms with Crippen molar-refractivity contribution < 1.29 is 18.9 Å². The third kappa shape index (κ3) is 3.67. The number of fused-ring (bicyclic) bond motifs is 3. The molecule has 4 aromatic rings. The lowest BCUT2D eigenvalue weighted by atomic mass is 9.84. The Labute approximate surface area is 215 Å². The van der Waals surface area contributed by atoms with E-state index >= 15 is 0 Å². The monoisotopic (exact) mass is 496 g/mol. The zero-order valence-electron chi connectivity index (χ0n) is 21.4. The van der Waals surface area contributed by atoms with Gasteiger partial charge in [-0.3, -0.25) is 0 Å². The molecule has 0 unspecified atom stereocenters. The highest BCUT2D eigenvalue weighted by molar-refractivity contribution is 5.85. The predicted molar refractivity (Wildman–Crippen MR) is 141 cm³/mol. The lowest BCUT2D eigenvalue weighted by Crippen LogP contribution is -2.32. The maximum absolute atomic E-state index is 6.77. The highest BCUT2D eigenvalue weighted by Crippen LogP contribution is 2.52. The number of methoxy groups -OCH3 is 3. The number of benzene rings is 3. The molecular formula is C29H28N4O4. The summed E-state index contributed by atoms with van der Waals surface area (Å²) in [7, 11) is 4.83. The molecule has 8 heteroatoms. The van der Waals surface area contributed by atoms with Crippen molar-refractivity contribution in [3.05, 3.63) is 94.3 Å². The quantitative estimate of drug-likeness (QED) is 0.392. The molecule has 0 fully saturated rings. The Morgan fingerprint density at radius 2 is 1.54 bits per heavy atom. The predicted octanol–water partition coefficient (Wildman–Crippen LogP) is 5.48. The SMILES string of the molecule is COc1cc([C@H]2Oc3ccc(C)cc3C3=C2[C@@H](c2ccc(C)cc2)n2ncnc2N3)cc(OC)c1OC. The molecule has 2 aliphatic rings. The van der Waals surface area contributed by atoms with E-state index in [1.54, 1.807) is 27.7 Å². The second kappa shape index (κ2) is 8.89. The fourth-order valence-corrected chi connectivity index (χ4v) is 5.18. The summed E-state index contributed by atoms with van der Waals surface area (Å²) in [6, 6.07) is 18.4. The van der Waals surface area contributed by atoms with Gasteiger partial charge in [0.25, 0.3) is 0 Å². The van der Waals surface area contributed by atoms with Crippen LogP contribution in [0.5, 0.6) is 23.0 Å². The first-order valence-corrected chi connectivity index (χ1v) is 12.1. The largest absolute Gasteiger partial charge is 0.493 e. The number of hydrogen-bond acceptors (Lipinski definition) is 7. The van der Waals surface area contributed by atoms with Crippen LogP contribution in [0, 0.1) is 13.8 Å². The second-order valence-electron chi connectivity index (χ2n) is 9.25. The van der Waals surface area contributed by atoms with E-state index in [9.17, 15) is 0 Å². The van der Waals surface area contributed by atoms with Crippen LogP contribution in [0.25, 0.3) is 5.70 Å². The van der Waals surface area contributed by atoms with Gasteiger partial charge in [-0.1, -0.05) is 41.5 Å². The van der Waals surface area contributed by atoms with E-state index in [1.807, 2.05) is 22.9 Å². The molecule has 0 saturated carbocycles. The zero-order valence-corrected chi connectivity index (χ0v) is 21.4. The Morgan fingerprint density at radius 1 is 0.838 bits per heavy atom.